The Morgan fingerprint density at radius 2 is 1.86 bits per heavy atom. The van der Waals surface area contributed by atoms with Gasteiger partial charge in [-0.05, 0) is 76.6 Å². The highest BCUT2D eigenvalue weighted by molar-refractivity contribution is 5.97. The molecule has 184 valence electrons. The first kappa shape index (κ1) is 24.7. The second-order valence-electron chi connectivity index (χ2n) is 9.31. The lowest BCUT2D eigenvalue weighted by molar-refractivity contribution is 0.0954. The van der Waals surface area contributed by atoms with E-state index in [9.17, 15) is 9.59 Å². The maximum absolute atomic E-state index is 13.6. The van der Waals surface area contributed by atoms with Crippen LogP contribution in [0, 0.1) is 6.92 Å². The van der Waals surface area contributed by atoms with Gasteiger partial charge >= 0.3 is 0 Å². The molecule has 0 radical (unpaired) electrons. The topological polar surface area (TPSA) is 67.2 Å². The SMILES string of the molecule is CCN(CC)c1nc2cc(C(=O)NCCC3=CCCCC3)ccc2c(=O)n1Cc1ccc(C)cc1. The number of hydrogen-bond acceptors (Lipinski definition) is 4. The second kappa shape index (κ2) is 11.3. The summed E-state index contributed by atoms with van der Waals surface area (Å²) in [6.07, 6.45) is 8.00. The fourth-order valence-corrected chi connectivity index (χ4v) is 4.69. The standard InChI is InChI=1S/C29H36N4O2/c1-4-32(5-2)29-31-26-19-24(27(34)30-18-17-22-9-7-6-8-10-22)15-16-25(26)28(35)33(29)20-23-13-11-21(3)12-14-23/h9,11-16,19H,4-8,10,17-18,20H2,1-3H3,(H,30,34). The van der Waals surface area contributed by atoms with Crippen molar-refractivity contribution in [3.63, 3.8) is 0 Å². The molecule has 1 amide bonds. The van der Waals surface area contributed by atoms with Crippen LogP contribution in [0.4, 0.5) is 5.95 Å². The number of fused-ring (bicyclic) bond motifs is 1. The van der Waals surface area contributed by atoms with Crippen LogP contribution in [0.15, 0.2) is 58.9 Å². The fourth-order valence-electron chi connectivity index (χ4n) is 4.69. The Balaban J connectivity index is 1.63. The summed E-state index contributed by atoms with van der Waals surface area (Å²) in [4.78, 5) is 33.4. The molecule has 4 rings (SSSR count). The lowest BCUT2D eigenvalue weighted by Crippen LogP contribution is -2.33. The Hall–Kier alpha value is -3.41. The van der Waals surface area contributed by atoms with Crippen molar-refractivity contribution in [3.05, 3.63) is 81.2 Å². The van der Waals surface area contributed by atoms with Gasteiger partial charge in [0.15, 0.2) is 0 Å². The molecule has 0 fully saturated rings. The molecule has 0 saturated carbocycles. The van der Waals surface area contributed by atoms with E-state index < -0.39 is 0 Å². The van der Waals surface area contributed by atoms with Crippen molar-refractivity contribution in [1.29, 1.82) is 0 Å². The molecule has 1 aliphatic rings. The van der Waals surface area contributed by atoms with E-state index in [1.807, 2.05) is 0 Å². The number of nitrogens with zero attached hydrogens (tertiary/aromatic N) is 3. The summed E-state index contributed by atoms with van der Waals surface area (Å²) in [5.41, 5.74) is 4.67. The van der Waals surface area contributed by atoms with Crippen molar-refractivity contribution in [1.82, 2.24) is 14.9 Å². The van der Waals surface area contributed by atoms with Crippen molar-refractivity contribution < 1.29 is 4.79 Å². The molecule has 1 heterocycles. The van der Waals surface area contributed by atoms with Gasteiger partial charge in [-0.1, -0.05) is 41.5 Å². The first-order valence-electron chi connectivity index (χ1n) is 12.8. The normalized spacial score (nSPS) is 13.5. The number of rotatable bonds is 9. The van der Waals surface area contributed by atoms with Crippen LogP contribution >= 0.6 is 0 Å². The van der Waals surface area contributed by atoms with Crippen molar-refractivity contribution in [2.45, 2.75) is 59.4 Å². The van der Waals surface area contributed by atoms with Crippen LogP contribution in [0.3, 0.4) is 0 Å². The molecule has 3 aromatic rings. The van der Waals surface area contributed by atoms with E-state index in [-0.39, 0.29) is 11.5 Å². The van der Waals surface area contributed by atoms with Crippen LogP contribution in [0.2, 0.25) is 0 Å². The first-order chi connectivity index (χ1) is 17.0. The predicted octanol–water partition coefficient (Wildman–Crippen LogP) is 5.22. The van der Waals surface area contributed by atoms with Crippen molar-refractivity contribution in [2.24, 2.45) is 0 Å². The minimum atomic E-state index is -0.127. The number of aryl methyl sites for hydroxylation is 1. The number of hydrogen-bond donors (Lipinski definition) is 1. The zero-order chi connectivity index (χ0) is 24.8. The number of allylic oxidation sites excluding steroid dienone is 1. The van der Waals surface area contributed by atoms with E-state index in [0.717, 1.165) is 37.9 Å². The highest BCUT2D eigenvalue weighted by Crippen LogP contribution is 2.20. The highest BCUT2D eigenvalue weighted by atomic mass is 16.1. The smallest absolute Gasteiger partial charge is 0.263 e. The summed E-state index contributed by atoms with van der Waals surface area (Å²) >= 11 is 0. The minimum Gasteiger partial charge on any atom is -0.352 e. The molecule has 1 aliphatic carbocycles. The lowest BCUT2D eigenvalue weighted by atomic mass is 9.97. The number of carbonyl (C=O) groups is 1. The molecule has 0 unspecified atom stereocenters. The Bertz CT molecular complexity index is 1270. The Kier molecular flexibility index (Phi) is 8.01. The number of nitrogens with one attached hydrogen (secondary N) is 1. The van der Waals surface area contributed by atoms with Crippen molar-refractivity contribution >= 4 is 22.8 Å². The third-order valence-corrected chi connectivity index (χ3v) is 6.82. The predicted molar refractivity (Wildman–Crippen MR) is 143 cm³/mol. The molecule has 1 aromatic heterocycles. The van der Waals surface area contributed by atoms with E-state index >= 15 is 0 Å². The molecular weight excluding hydrogens is 436 g/mol. The first-order valence-corrected chi connectivity index (χ1v) is 12.8. The van der Waals surface area contributed by atoms with Gasteiger partial charge in [0.05, 0.1) is 17.4 Å². The number of benzene rings is 2. The number of aromatic nitrogens is 2. The monoisotopic (exact) mass is 472 g/mol. The zero-order valence-corrected chi connectivity index (χ0v) is 21.1. The van der Waals surface area contributed by atoms with Gasteiger partial charge in [-0.2, -0.15) is 0 Å². The molecule has 0 bridgehead atoms. The third kappa shape index (κ3) is 5.81. The zero-order valence-electron chi connectivity index (χ0n) is 21.1. The van der Waals surface area contributed by atoms with Crippen LogP contribution in [0.1, 0.15) is 67.4 Å². The third-order valence-electron chi connectivity index (χ3n) is 6.82. The molecular formula is C29H36N4O2. The molecule has 0 spiro atoms. The average Bonchev–Trinajstić information content (AvgIpc) is 2.88. The van der Waals surface area contributed by atoms with E-state index in [0.29, 0.717) is 35.5 Å². The fraction of sp³-hybridized carbons (Fsp3) is 0.414. The second-order valence-corrected chi connectivity index (χ2v) is 9.31. The van der Waals surface area contributed by atoms with Gasteiger partial charge in [-0.3, -0.25) is 14.2 Å². The number of carbonyl (C=O) groups excluding carboxylic acids is 1. The number of anilines is 1. The molecule has 0 saturated heterocycles. The van der Waals surface area contributed by atoms with Gasteiger partial charge in [0.25, 0.3) is 11.5 Å². The van der Waals surface area contributed by atoms with Gasteiger partial charge in [0.2, 0.25) is 5.95 Å². The van der Waals surface area contributed by atoms with Gasteiger partial charge in [0.1, 0.15) is 0 Å². The number of amides is 1. The summed E-state index contributed by atoms with van der Waals surface area (Å²) < 4.78 is 1.75. The summed E-state index contributed by atoms with van der Waals surface area (Å²) in [5, 5.41) is 3.56. The molecule has 1 N–H and O–H groups in total. The van der Waals surface area contributed by atoms with Crippen molar-refractivity contribution in [2.75, 3.05) is 24.5 Å². The van der Waals surface area contributed by atoms with Crippen LogP contribution < -0.4 is 15.8 Å². The Morgan fingerprint density at radius 1 is 1.09 bits per heavy atom. The maximum atomic E-state index is 13.6. The summed E-state index contributed by atoms with van der Waals surface area (Å²) in [6, 6.07) is 13.4. The minimum absolute atomic E-state index is 0.0892. The van der Waals surface area contributed by atoms with Crippen LogP contribution in [-0.4, -0.2) is 35.1 Å². The van der Waals surface area contributed by atoms with E-state index in [1.54, 1.807) is 22.8 Å². The maximum Gasteiger partial charge on any atom is 0.263 e. The van der Waals surface area contributed by atoms with Gasteiger partial charge in [-0.15, -0.1) is 0 Å². The Morgan fingerprint density at radius 3 is 2.54 bits per heavy atom. The van der Waals surface area contributed by atoms with Crippen LogP contribution in [0.25, 0.3) is 10.9 Å². The average molecular weight is 473 g/mol. The van der Waals surface area contributed by atoms with Crippen molar-refractivity contribution in [3.8, 4) is 0 Å². The van der Waals surface area contributed by atoms with Crippen LogP contribution in [-0.2, 0) is 6.54 Å². The van der Waals surface area contributed by atoms with Gasteiger partial charge in [0, 0.05) is 25.2 Å². The van der Waals surface area contributed by atoms with E-state index in [4.69, 9.17) is 4.98 Å². The molecule has 2 aromatic carbocycles. The van der Waals surface area contributed by atoms with Crippen LogP contribution in [0.5, 0.6) is 0 Å². The van der Waals surface area contributed by atoms with E-state index in [1.165, 1.54) is 24.0 Å². The lowest BCUT2D eigenvalue weighted by Gasteiger charge is -2.24. The largest absolute Gasteiger partial charge is 0.352 e. The Labute approximate surface area is 207 Å². The van der Waals surface area contributed by atoms with E-state index in [2.05, 4.69) is 61.3 Å². The van der Waals surface area contributed by atoms with Gasteiger partial charge < -0.3 is 10.2 Å². The highest BCUT2D eigenvalue weighted by Gasteiger charge is 2.17. The molecule has 6 heteroatoms. The summed E-state index contributed by atoms with van der Waals surface area (Å²) in [5.74, 6) is 0.508. The molecule has 35 heavy (non-hydrogen) atoms. The quantitative estimate of drug-likeness (QED) is 0.434. The molecule has 6 nitrogen and oxygen atoms in total. The van der Waals surface area contributed by atoms with Gasteiger partial charge in [-0.25, -0.2) is 4.98 Å². The molecule has 0 atom stereocenters. The summed E-state index contributed by atoms with van der Waals surface area (Å²) in [6.45, 7) is 8.71. The summed E-state index contributed by atoms with van der Waals surface area (Å²) in [7, 11) is 0. The molecule has 0 aliphatic heterocycles.